The summed E-state index contributed by atoms with van der Waals surface area (Å²) in [6, 6.07) is 18.5. The summed E-state index contributed by atoms with van der Waals surface area (Å²) in [7, 11) is 2.08. The van der Waals surface area contributed by atoms with E-state index >= 15 is 0 Å². The molecule has 29 heavy (non-hydrogen) atoms. The van der Waals surface area contributed by atoms with Crippen LogP contribution in [0, 0.1) is 4.77 Å². The van der Waals surface area contributed by atoms with Crippen LogP contribution in [0.4, 0.5) is 0 Å². The van der Waals surface area contributed by atoms with Crippen LogP contribution >= 0.6 is 39.5 Å². The van der Waals surface area contributed by atoms with E-state index in [2.05, 4.69) is 61.7 Å². The smallest absolute Gasteiger partial charge is 0.199 e. The van der Waals surface area contributed by atoms with Gasteiger partial charge in [-0.3, -0.25) is 14.5 Å². The van der Waals surface area contributed by atoms with Crippen LogP contribution < -0.4 is 0 Å². The van der Waals surface area contributed by atoms with Crippen molar-refractivity contribution in [1.29, 1.82) is 0 Å². The molecular formula is C21H20BrN5S2. The minimum Gasteiger partial charge on any atom is -0.295 e. The second-order valence-corrected chi connectivity index (χ2v) is 9.69. The van der Waals surface area contributed by atoms with Gasteiger partial charge in [-0.1, -0.05) is 30.3 Å². The molecule has 0 radical (unpaired) electrons. The van der Waals surface area contributed by atoms with Gasteiger partial charge >= 0.3 is 0 Å². The van der Waals surface area contributed by atoms with E-state index in [1.165, 1.54) is 10.4 Å². The minimum absolute atomic E-state index is 0.619. The molecule has 8 heteroatoms. The molecule has 0 saturated carbocycles. The second kappa shape index (κ2) is 9.13. The lowest BCUT2D eigenvalue weighted by atomic mass is 10.2. The molecule has 0 fully saturated rings. The maximum absolute atomic E-state index is 5.82. The monoisotopic (exact) mass is 485 g/mol. The zero-order chi connectivity index (χ0) is 20.2. The lowest BCUT2D eigenvalue weighted by Gasteiger charge is -2.15. The van der Waals surface area contributed by atoms with Crippen LogP contribution in [0.3, 0.4) is 0 Å². The Morgan fingerprint density at radius 3 is 2.52 bits per heavy atom. The Morgan fingerprint density at radius 1 is 1.07 bits per heavy atom. The Kier molecular flexibility index (Phi) is 6.34. The van der Waals surface area contributed by atoms with Crippen molar-refractivity contribution in [2.24, 2.45) is 0 Å². The molecular weight excluding hydrogens is 466 g/mol. The first-order valence-electron chi connectivity index (χ1n) is 9.15. The summed E-state index contributed by atoms with van der Waals surface area (Å²) >= 11 is 11.1. The first-order chi connectivity index (χ1) is 14.1. The number of hydrogen-bond donors (Lipinski definition) is 0. The largest absolute Gasteiger partial charge is 0.295 e. The fourth-order valence-corrected chi connectivity index (χ4v) is 4.95. The van der Waals surface area contributed by atoms with Crippen molar-refractivity contribution in [3.8, 4) is 11.4 Å². The standard InChI is InChI=1S/C21H20BrN5S2/c1-25(14-18-7-8-19(22)29-18)15-27-21(28)26(13-16-5-3-2-4-6-16)20(24-27)17-9-11-23-12-10-17/h2-12H,13-15H2,1H3. The second-order valence-electron chi connectivity index (χ2n) is 6.77. The molecule has 0 bridgehead atoms. The molecule has 0 aliphatic carbocycles. The summed E-state index contributed by atoms with van der Waals surface area (Å²) in [6.45, 7) is 2.14. The molecule has 4 aromatic rings. The van der Waals surface area contributed by atoms with Crippen LogP contribution in [-0.2, 0) is 19.8 Å². The van der Waals surface area contributed by atoms with Crippen LogP contribution in [0.25, 0.3) is 11.4 Å². The average molecular weight is 486 g/mol. The molecule has 0 atom stereocenters. The van der Waals surface area contributed by atoms with E-state index in [1.54, 1.807) is 23.7 Å². The topological polar surface area (TPSA) is 38.9 Å². The highest BCUT2D eigenvalue weighted by Crippen LogP contribution is 2.23. The van der Waals surface area contributed by atoms with Gasteiger partial charge < -0.3 is 0 Å². The first kappa shape index (κ1) is 20.2. The number of thiophene rings is 1. The fraction of sp³-hybridized carbons (Fsp3) is 0.190. The number of hydrogen-bond acceptors (Lipinski definition) is 5. The molecule has 0 spiro atoms. The van der Waals surface area contributed by atoms with Crippen LogP contribution in [-0.4, -0.2) is 31.3 Å². The van der Waals surface area contributed by atoms with Gasteiger partial charge in [-0.25, -0.2) is 4.68 Å². The summed E-state index contributed by atoms with van der Waals surface area (Å²) in [5.41, 5.74) is 2.20. The van der Waals surface area contributed by atoms with E-state index in [4.69, 9.17) is 17.3 Å². The molecule has 148 valence electrons. The molecule has 0 aliphatic rings. The third-order valence-corrected chi connectivity index (χ3v) is 6.51. The van der Waals surface area contributed by atoms with Gasteiger partial charge in [-0.05, 0) is 65.0 Å². The molecule has 5 nitrogen and oxygen atoms in total. The Labute approximate surface area is 187 Å². The van der Waals surface area contributed by atoms with E-state index in [9.17, 15) is 0 Å². The normalized spacial score (nSPS) is 11.3. The van der Waals surface area contributed by atoms with Crippen LogP contribution in [0.1, 0.15) is 10.4 Å². The number of benzene rings is 1. The van der Waals surface area contributed by atoms with E-state index in [-0.39, 0.29) is 0 Å². The summed E-state index contributed by atoms with van der Waals surface area (Å²) in [5.74, 6) is 0.855. The highest BCUT2D eigenvalue weighted by molar-refractivity contribution is 9.11. The minimum atomic E-state index is 0.619. The van der Waals surface area contributed by atoms with Crippen molar-refractivity contribution in [2.45, 2.75) is 19.8 Å². The number of nitrogens with zero attached hydrogens (tertiary/aromatic N) is 5. The first-order valence-corrected chi connectivity index (χ1v) is 11.2. The third-order valence-electron chi connectivity index (χ3n) is 4.47. The lowest BCUT2D eigenvalue weighted by molar-refractivity contribution is 0.246. The van der Waals surface area contributed by atoms with Crippen molar-refractivity contribution in [2.75, 3.05) is 7.05 Å². The number of halogens is 1. The zero-order valence-electron chi connectivity index (χ0n) is 15.9. The fourth-order valence-electron chi connectivity index (χ4n) is 3.14. The maximum atomic E-state index is 5.82. The Bertz CT molecular complexity index is 1130. The zero-order valence-corrected chi connectivity index (χ0v) is 19.1. The van der Waals surface area contributed by atoms with Gasteiger partial charge in [-0.2, -0.15) is 5.10 Å². The molecule has 0 N–H and O–H groups in total. The Hall–Kier alpha value is -2.13. The third kappa shape index (κ3) is 4.90. The lowest BCUT2D eigenvalue weighted by Crippen LogP contribution is -2.22. The van der Waals surface area contributed by atoms with Crippen molar-refractivity contribution in [3.05, 3.63) is 86.0 Å². The highest BCUT2D eigenvalue weighted by atomic mass is 79.9. The summed E-state index contributed by atoms with van der Waals surface area (Å²) in [5, 5.41) is 4.86. The van der Waals surface area contributed by atoms with Gasteiger partial charge in [0.25, 0.3) is 0 Å². The van der Waals surface area contributed by atoms with Gasteiger partial charge in [0.15, 0.2) is 10.6 Å². The number of pyridine rings is 1. The molecule has 4 rings (SSSR count). The maximum Gasteiger partial charge on any atom is 0.199 e. The number of aromatic nitrogens is 4. The quantitative estimate of drug-likeness (QED) is 0.326. The van der Waals surface area contributed by atoms with Crippen molar-refractivity contribution < 1.29 is 0 Å². The molecule has 0 unspecified atom stereocenters. The predicted octanol–water partition coefficient (Wildman–Crippen LogP) is 5.44. The van der Waals surface area contributed by atoms with E-state index in [0.29, 0.717) is 18.0 Å². The molecule has 3 heterocycles. The summed E-state index contributed by atoms with van der Waals surface area (Å²) < 4.78 is 5.84. The van der Waals surface area contributed by atoms with Crippen molar-refractivity contribution >= 4 is 39.5 Å². The predicted molar refractivity (Wildman–Crippen MR) is 123 cm³/mol. The van der Waals surface area contributed by atoms with Crippen LogP contribution in [0.5, 0.6) is 0 Å². The van der Waals surface area contributed by atoms with Gasteiger partial charge in [0.2, 0.25) is 0 Å². The summed E-state index contributed by atoms with van der Waals surface area (Å²) in [4.78, 5) is 7.64. The molecule has 0 amide bonds. The Balaban J connectivity index is 1.65. The van der Waals surface area contributed by atoms with Crippen molar-refractivity contribution in [1.82, 2.24) is 24.2 Å². The SMILES string of the molecule is CN(Cc1ccc(Br)s1)Cn1nc(-c2ccncc2)n(Cc2ccccc2)c1=S. The Morgan fingerprint density at radius 2 is 1.83 bits per heavy atom. The van der Waals surface area contributed by atoms with Gasteiger partial charge in [0.1, 0.15) is 0 Å². The van der Waals surface area contributed by atoms with Gasteiger partial charge in [0, 0.05) is 29.4 Å². The van der Waals surface area contributed by atoms with Crippen molar-refractivity contribution in [3.63, 3.8) is 0 Å². The molecule has 0 saturated heterocycles. The summed E-state index contributed by atoms with van der Waals surface area (Å²) in [6.07, 6.45) is 3.57. The highest BCUT2D eigenvalue weighted by Gasteiger charge is 2.15. The van der Waals surface area contributed by atoms with E-state index < -0.39 is 0 Å². The number of rotatable bonds is 7. The van der Waals surface area contributed by atoms with Crippen LogP contribution in [0.15, 0.2) is 70.8 Å². The molecule has 1 aromatic carbocycles. The molecule has 0 aliphatic heterocycles. The van der Waals surface area contributed by atoms with E-state index in [1.807, 2.05) is 35.0 Å². The average Bonchev–Trinajstić information content (AvgIpc) is 3.27. The van der Waals surface area contributed by atoms with Crippen LogP contribution in [0.2, 0.25) is 0 Å². The van der Waals surface area contributed by atoms with Gasteiger partial charge in [0.05, 0.1) is 17.0 Å². The van der Waals surface area contributed by atoms with E-state index in [0.717, 1.165) is 21.7 Å². The van der Waals surface area contributed by atoms with Gasteiger partial charge in [-0.15, -0.1) is 11.3 Å². The molecule has 3 aromatic heterocycles.